The molecule has 0 bridgehead atoms. The van der Waals surface area contributed by atoms with E-state index < -0.39 is 18.0 Å². The Hall–Kier alpha value is -3.22. The molecule has 0 aliphatic heterocycles. The highest BCUT2D eigenvalue weighted by molar-refractivity contribution is 5.97. The Morgan fingerprint density at radius 3 is 2.27 bits per heavy atom. The molecule has 30 heavy (non-hydrogen) atoms. The van der Waals surface area contributed by atoms with Crippen LogP contribution >= 0.6 is 0 Å². The minimum absolute atomic E-state index is 0.268. The summed E-state index contributed by atoms with van der Waals surface area (Å²) < 4.78 is 21.7. The number of esters is 1. The van der Waals surface area contributed by atoms with Crippen LogP contribution in [0.15, 0.2) is 42.5 Å². The summed E-state index contributed by atoms with van der Waals surface area (Å²) in [6.07, 6.45) is -0.980. The van der Waals surface area contributed by atoms with Gasteiger partial charge in [0.1, 0.15) is 5.75 Å². The normalized spacial score (nSPS) is 11.5. The predicted octanol–water partition coefficient (Wildman–Crippen LogP) is 4.31. The van der Waals surface area contributed by atoms with Gasteiger partial charge >= 0.3 is 5.97 Å². The lowest BCUT2D eigenvalue weighted by atomic mass is 10.2. The summed E-state index contributed by atoms with van der Waals surface area (Å²) in [4.78, 5) is 24.8. The molecule has 2 aromatic rings. The Balaban J connectivity index is 1.97. The summed E-state index contributed by atoms with van der Waals surface area (Å²) in [5.41, 5.74) is 0.851. The van der Waals surface area contributed by atoms with Crippen LogP contribution in [0.1, 0.15) is 38.1 Å². The first kappa shape index (κ1) is 23.1. The zero-order chi connectivity index (χ0) is 22.1. The van der Waals surface area contributed by atoms with E-state index in [9.17, 15) is 9.59 Å². The first-order valence-corrected chi connectivity index (χ1v) is 9.89. The first-order chi connectivity index (χ1) is 14.3. The van der Waals surface area contributed by atoms with Gasteiger partial charge in [0.25, 0.3) is 5.91 Å². The van der Waals surface area contributed by atoms with Crippen molar-refractivity contribution < 1.29 is 28.5 Å². The van der Waals surface area contributed by atoms with Crippen LogP contribution in [0.4, 0.5) is 5.69 Å². The largest absolute Gasteiger partial charge is 0.494 e. The van der Waals surface area contributed by atoms with E-state index in [0.29, 0.717) is 42.1 Å². The monoisotopic (exact) mass is 415 g/mol. The van der Waals surface area contributed by atoms with Gasteiger partial charge in [0.15, 0.2) is 17.6 Å². The molecule has 0 saturated heterocycles. The number of ether oxygens (including phenoxy) is 4. The molecule has 162 valence electrons. The molecular weight excluding hydrogens is 386 g/mol. The van der Waals surface area contributed by atoms with Crippen molar-refractivity contribution in [1.82, 2.24) is 0 Å². The van der Waals surface area contributed by atoms with Gasteiger partial charge in [-0.25, -0.2) is 4.79 Å². The van der Waals surface area contributed by atoms with Crippen LogP contribution in [0.2, 0.25) is 0 Å². The number of hydrogen-bond donors (Lipinski definition) is 1. The highest BCUT2D eigenvalue weighted by Gasteiger charge is 2.20. The van der Waals surface area contributed by atoms with Crippen molar-refractivity contribution in [3.05, 3.63) is 48.0 Å². The average molecular weight is 415 g/mol. The average Bonchev–Trinajstić information content (AvgIpc) is 2.73. The molecule has 0 heterocycles. The van der Waals surface area contributed by atoms with Crippen LogP contribution in [0.5, 0.6) is 17.2 Å². The van der Waals surface area contributed by atoms with E-state index in [4.69, 9.17) is 18.9 Å². The third-order valence-corrected chi connectivity index (χ3v) is 4.06. The SMILES string of the molecule is CCOc1ccc(NC(=O)[C@H](C)OC(=O)c2ccc(OCC(C)C)c(OC)c2)cc1. The molecule has 0 radical (unpaired) electrons. The predicted molar refractivity (Wildman–Crippen MR) is 114 cm³/mol. The Kier molecular flexibility index (Phi) is 8.53. The third-order valence-electron chi connectivity index (χ3n) is 4.06. The van der Waals surface area contributed by atoms with Gasteiger partial charge in [-0.15, -0.1) is 0 Å². The first-order valence-electron chi connectivity index (χ1n) is 9.89. The van der Waals surface area contributed by atoms with Crippen molar-refractivity contribution in [3.63, 3.8) is 0 Å². The summed E-state index contributed by atoms with van der Waals surface area (Å²) in [7, 11) is 1.50. The second-order valence-corrected chi connectivity index (χ2v) is 7.06. The van der Waals surface area contributed by atoms with E-state index in [2.05, 4.69) is 5.32 Å². The van der Waals surface area contributed by atoms with E-state index in [1.807, 2.05) is 20.8 Å². The molecule has 1 N–H and O–H groups in total. The molecule has 0 aromatic heterocycles. The summed E-state index contributed by atoms with van der Waals surface area (Å²) in [6.45, 7) is 8.58. The van der Waals surface area contributed by atoms with Gasteiger partial charge in [-0.05, 0) is 62.2 Å². The van der Waals surface area contributed by atoms with Crippen molar-refractivity contribution in [2.45, 2.75) is 33.8 Å². The van der Waals surface area contributed by atoms with Crippen molar-refractivity contribution >= 4 is 17.6 Å². The maximum absolute atomic E-state index is 12.5. The fourth-order valence-electron chi connectivity index (χ4n) is 2.50. The Morgan fingerprint density at radius 2 is 1.67 bits per heavy atom. The minimum atomic E-state index is -0.980. The number of rotatable bonds is 10. The lowest BCUT2D eigenvalue weighted by Crippen LogP contribution is -2.30. The molecule has 0 unspecified atom stereocenters. The lowest BCUT2D eigenvalue weighted by molar-refractivity contribution is -0.123. The molecule has 0 fully saturated rings. The van der Waals surface area contributed by atoms with Crippen LogP contribution in [-0.4, -0.2) is 38.3 Å². The van der Waals surface area contributed by atoms with Crippen LogP contribution in [0, 0.1) is 5.92 Å². The second kappa shape index (κ2) is 11.1. The smallest absolute Gasteiger partial charge is 0.339 e. The van der Waals surface area contributed by atoms with E-state index >= 15 is 0 Å². The van der Waals surface area contributed by atoms with Gasteiger partial charge in [0.05, 0.1) is 25.9 Å². The number of hydrogen-bond acceptors (Lipinski definition) is 6. The molecule has 0 saturated carbocycles. The van der Waals surface area contributed by atoms with E-state index in [0.717, 1.165) is 0 Å². The van der Waals surface area contributed by atoms with E-state index in [-0.39, 0.29) is 5.56 Å². The highest BCUT2D eigenvalue weighted by atomic mass is 16.5. The molecule has 7 nitrogen and oxygen atoms in total. The fraction of sp³-hybridized carbons (Fsp3) is 0.391. The molecule has 7 heteroatoms. The standard InChI is InChI=1S/C23H29NO6/c1-6-28-19-10-8-18(9-11-19)24-22(25)16(4)30-23(26)17-7-12-20(21(13-17)27-5)29-14-15(2)3/h7-13,15-16H,6,14H2,1-5H3,(H,24,25)/t16-/m0/s1. The molecule has 2 rings (SSSR count). The van der Waals surface area contributed by atoms with E-state index in [1.54, 1.807) is 36.4 Å². The van der Waals surface area contributed by atoms with Crippen LogP contribution in [0.3, 0.4) is 0 Å². The third kappa shape index (κ3) is 6.69. The van der Waals surface area contributed by atoms with Crippen molar-refractivity contribution in [1.29, 1.82) is 0 Å². The van der Waals surface area contributed by atoms with Crippen LogP contribution < -0.4 is 19.5 Å². The second-order valence-electron chi connectivity index (χ2n) is 7.06. The number of amides is 1. The van der Waals surface area contributed by atoms with Gasteiger partial charge in [-0.2, -0.15) is 0 Å². The summed E-state index contributed by atoms with van der Waals surface area (Å²) in [5.74, 6) is 0.980. The Morgan fingerprint density at radius 1 is 0.967 bits per heavy atom. The fourth-order valence-corrected chi connectivity index (χ4v) is 2.50. The maximum atomic E-state index is 12.5. The molecule has 0 spiro atoms. The highest BCUT2D eigenvalue weighted by Crippen LogP contribution is 2.29. The van der Waals surface area contributed by atoms with Crippen LogP contribution in [0.25, 0.3) is 0 Å². The Bertz CT molecular complexity index is 847. The van der Waals surface area contributed by atoms with Gasteiger partial charge in [-0.1, -0.05) is 13.8 Å². The zero-order valence-corrected chi connectivity index (χ0v) is 18.1. The molecular formula is C23H29NO6. The molecule has 1 atom stereocenters. The summed E-state index contributed by atoms with van der Waals surface area (Å²) in [5, 5.41) is 2.71. The molecule has 1 amide bonds. The number of carbonyl (C=O) groups excluding carboxylic acids is 2. The van der Waals surface area contributed by atoms with Gasteiger partial charge in [-0.3, -0.25) is 4.79 Å². The minimum Gasteiger partial charge on any atom is -0.494 e. The van der Waals surface area contributed by atoms with E-state index in [1.165, 1.54) is 20.1 Å². The van der Waals surface area contributed by atoms with Crippen molar-refractivity contribution in [2.75, 3.05) is 25.6 Å². The van der Waals surface area contributed by atoms with Gasteiger partial charge in [0.2, 0.25) is 0 Å². The number of anilines is 1. The summed E-state index contributed by atoms with van der Waals surface area (Å²) in [6, 6.07) is 11.7. The zero-order valence-electron chi connectivity index (χ0n) is 18.1. The van der Waals surface area contributed by atoms with Crippen molar-refractivity contribution in [2.24, 2.45) is 5.92 Å². The van der Waals surface area contributed by atoms with Crippen LogP contribution in [-0.2, 0) is 9.53 Å². The molecule has 0 aliphatic rings. The number of methoxy groups -OCH3 is 1. The quantitative estimate of drug-likeness (QED) is 0.582. The maximum Gasteiger partial charge on any atom is 0.339 e. The van der Waals surface area contributed by atoms with Gasteiger partial charge in [0, 0.05) is 5.69 Å². The molecule has 2 aromatic carbocycles. The topological polar surface area (TPSA) is 83.1 Å². The lowest BCUT2D eigenvalue weighted by Gasteiger charge is -2.15. The van der Waals surface area contributed by atoms with Gasteiger partial charge < -0.3 is 24.3 Å². The Labute approximate surface area is 177 Å². The van der Waals surface area contributed by atoms with Crippen molar-refractivity contribution in [3.8, 4) is 17.2 Å². The number of nitrogens with one attached hydrogen (secondary N) is 1. The summed E-state index contributed by atoms with van der Waals surface area (Å²) >= 11 is 0. The number of benzene rings is 2. The number of carbonyl (C=O) groups is 2. The molecule has 0 aliphatic carbocycles.